The summed E-state index contributed by atoms with van der Waals surface area (Å²) in [6.07, 6.45) is 6.51. The molecule has 0 spiro atoms. The first kappa shape index (κ1) is 14.5. The van der Waals surface area contributed by atoms with Gasteiger partial charge in [0.15, 0.2) is 0 Å². The number of carbonyl (C=O) groups excluding carboxylic acids is 1. The fourth-order valence-electron chi connectivity index (χ4n) is 2.51. The van der Waals surface area contributed by atoms with E-state index >= 15 is 0 Å². The Morgan fingerprint density at radius 2 is 1.94 bits per heavy atom. The van der Waals surface area contributed by atoms with Crippen molar-refractivity contribution in [1.82, 2.24) is 10.6 Å². The fourth-order valence-corrected chi connectivity index (χ4v) is 2.51. The first-order valence-corrected chi connectivity index (χ1v) is 6.91. The zero-order valence-electron chi connectivity index (χ0n) is 11.8. The van der Waals surface area contributed by atoms with Gasteiger partial charge in [-0.3, -0.25) is 4.79 Å². The highest BCUT2D eigenvalue weighted by Crippen LogP contribution is 2.23. The number of nitrogens with one attached hydrogen (secondary N) is 2. The molecule has 3 heteroatoms. The normalized spacial score (nSPS) is 26.4. The molecule has 0 aromatic heterocycles. The maximum atomic E-state index is 11.7. The van der Waals surface area contributed by atoms with E-state index < -0.39 is 0 Å². The first-order chi connectivity index (χ1) is 7.95. The molecule has 0 saturated heterocycles. The number of hydrogen-bond acceptors (Lipinski definition) is 2. The van der Waals surface area contributed by atoms with Crippen molar-refractivity contribution in [3.05, 3.63) is 0 Å². The number of carbonyl (C=O) groups is 1. The van der Waals surface area contributed by atoms with Crippen LogP contribution in [0.25, 0.3) is 0 Å². The molecule has 0 heterocycles. The molecular weight excluding hydrogens is 212 g/mol. The van der Waals surface area contributed by atoms with Crippen LogP contribution in [0.5, 0.6) is 0 Å². The second kappa shape index (κ2) is 6.39. The molecule has 100 valence electrons. The van der Waals surface area contributed by atoms with Crippen LogP contribution in [-0.4, -0.2) is 25.5 Å². The smallest absolute Gasteiger partial charge is 0.226 e. The molecule has 1 aliphatic carbocycles. The Hall–Kier alpha value is -0.570. The Morgan fingerprint density at radius 3 is 2.59 bits per heavy atom. The quantitative estimate of drug-likeness (QED) is 0.740. The van der Waals surface area contributed by atoms with Crippen LogP contribution >= 0.6 is 0 Å². The van der Waals surface area contributed by atoms with E-state index in [2.05, 4.69) is 17.6 Å². The standard InChI is InChI=1S/C14H28N2O/c1-11-6-5-7-12(9-8-11)16-10-14(2,3)13(17)15-4/h11-12,16H,5-10H2,1-4H3,(H,15,17). The number of rotatable bonds is 4. The minimum Gasteiger partial charge on any atom is -0.359 e. The summed E-state index contributed by atoms with van der Waals surface area (Å²) in [6.45, 7) is 7.11. The molecular formula is C14H28N2O. The highest BCUT2D eigenvalue weighted by Gasteiger charge is 2.27. The van der Waals surface area contributed by atoms with Crippen molar-refractivity contribution in [2.75, 3.05) is 13.6 Å². The van der Waals surface area contributed by atoms with Gasteiger partial charge in [-0.15, -0.1) is 0 Å². The Bertz CT molecular complexity index is 251. The molecule has 1 fully saturated rings. The molecule has 0 aromatic rings. The molecule has 1 aliphatic rings. The summed E-state index contributed by atoms with van der Waals surface area (Å²) < 4.78 is 0. The third-order valence-electron chi connectivity index (χ3n) is 3.93. The second-order valence-corrected chi connectivity index (χ2v) is 6.15. The van der Waals surface area contributed by atoms with Crippen molar-refractivity contribution in [1.29, 1.82) is 0 Å². The lowest BCUT2D eigenvalue weighted by atomic mass is 9.91. The van der Waals surface area contributed by atoms with Crippen molar-refractivity contribution < 1.29 is 4.79 Å². The average Bonchev–Trinajstić information content (AvgIpc) is 2.50. The van der Waals surface area contributed by atoms with Gasteiger partial charge in [0.1, 0.15) is 0 Å². The molecule has 17 heavy (non-hydrogen) atoms. The van der Waals surface area contributed by atoms with E-state index in [-0.39, 0.29) is 11.3 Å². The molecule has 2 N–H and O–H groups in total. The molecule has 0 aromatic carbocycles. The predicted molar refractivity (Wildman–Crippen MR) is 71.9 cm³/mol. The Morgan fingerprint density at radius 1 is 1.24 bits per heavy atom. The molecule has 1 rings (SSSR count). The van der Waals surface area contributed by atoms with E-state index in [1.807, 2.05) is 13.8 Å². The molecule has 0 bridgehead atoms. The van der Waals surface area contributed by atoms with Crippen molar-refractivity contribution in [2.45, 2.75) is 58.9 Å². The largest absolute Gasteiger partial charge is 0.359 e. The lowest BCUT2D eigenvalue weighted by Crippen LogP contribution is -2.44. The van der Waals surface area contributed by atoms with Gasteiger partial charge in [-0.25, -0.2) is 0 Å². The summed E-state index contributed by atoms with van der Waals surface area (Å²) in [6, 6.07) is 0.601. The van der Waals surface area contributed by atoms with Gasteiger partial charge in [0.05, 0.1) is 5.41 Å². The van der Waals surface area contributed by atoms with Gasteiger partial charge in [-0.1, -0.05) is 19.8 Å². The molecule has 2 unspecified atom stereocenters. The summed E-state index contributed by atoms with van der Waals surface area (Å²) in [5.74, 6) is 0.987. The molecule has 1 amide bonds. The van der Waals surface area contributed by atoms with Crippen molar-refractivity contribution in [3.8, 4) is 0 Å². The van der Waals surface area contributed by atoms with Gasteiger partial charge in [-0.2, -0.15) is 0 Å². The Balaban J connectivity index is 2.36. The van der Waals surface area contributed by atoms with Gasteiger partial charge >= 0.3 is 0 Å². The van der Waals surface area contributed by atoms with Crippen LogP contribution in [0, 0.1) is 11.3 Å². The Labute approximate surface area is 106 Å². The highest BCUT2D eigenvalue weighted by molar-refractivity contribution is 5.81. The molecule has 2 atom stereocenters. The Kier molecular flexibility index (Phi) is 5.44. The zero-order chi connectivity index (χ0) is 12.9. The summed E-state index contributed by atoms with van der Waals surface area (Å²) >= 11 is 0. The fraction of sp³-hybridized carbons (Fsp3) is 0.929. The highest BCUT2D eigenvalue weighted by atomic mass is 16.2. The first-order valence-electron chi connectivity index (χ1n) is 6.91. The van der Waals surface area contributed by atoms with E-state index in [9.17, 15) is 4.79 Å². The van der Waals surface area contributed by atoms with Gasteiger partial charge in [0.25, 0.3) is 0 Å². The van der Waals surface area contributed by atoms with Crippen LogP contribution in [0.1, 0.15) is 52.9 Å². The monoisotopic (exact) mass is 240 g/mol. The lowest BCUT2D eigenvalue weighted by Gasteiger charge is -2.26. The third kappa shape index (κ3) is 4.66. The van der Waals surface area contributed by atoms with E-state index in [1.165, 1.54) is 32.1 Å². The maximum Gasteiger partial charge on any atom is 0.226 e. The van der Waals surface area contributed by atoms with E-state index in [4.69, 9.17) is 0 Å². The van der Waals surface area contributed by atoms with Crippen LogP contribution in [0.2, 0.25) is 0 Å². The summed E-state index contributed by atoms with van der Waals surface area (Å²) in [7, 11) is 1.71. The molecule has 0 radical (unpaired) electrons. The second-order valence-electron chi connectivity index (χ2n) is 6.15. The summed E-state index contributed by atoms with van der Waals surface area (Å²) in [5, 5.41) is 6.31. The molecule has 1 saturated carbocycles. The van der Waals surface area contributed by atoms with Crippen molar-refractivity contribution in [3.63, 3.8) is 0 Å². The van der Waals surface area contributed by atoms with E-state index in [0.717, 1.165) is 12.5 Å². The summed E-state index contributed by atoms with van der Waals surface area (Å²) in [5.41, 5.74) is -0.313. The van der Waals surface area contributed by atoms with Crippen molar-refractivity contribution in [2.24, 2.45) is 11.3 Å². The van der Waals surface area contributed by atoms with E-state index in [0.29, 0.717) is 6.04 Å². The van der Waals surface area contributed by atoms with Gasteiger partial charge in [0, 0.05) is 19.6 Å². The number of hydrogen-bond donors (Lipinski definition) is 2. The third-order valence-corrected chi connectivity index (χ3v) is 3.93. The van der Waals surface area contributed by atoms with Gasteiger partial charge in [0.2, 0.25) is 5.91 Å². The number of amides is 1. The average molecular weight is 240 g/mol. The van der Waals surface area contributed by atoms with Crippen LogP contribution < -0.4 is 10.6 Å². The van der Waals surface area contributed by atoms with Crippen molar-refractivity contribution >= 4 is 5.91 Å². The molecule has 0 aliphatic heterocycles. The van der Waals surface area contributed by atoms with Crippen LogP contribution in [0.3, 0.4) is 0 Å². The van der Waals surface area contributed by atoms with Crippen LogP contribution in [0.4, 0.5) is 0 Å². The van der Waals surface area contributed by atoms with Crippen LogP contribution in [0.15, 0.2) is 0 Å². The van der Waals surface area contributed by atoms with E-state index in [1.54, 1.807) is 7.05 Å². The molecule has 3 nitrogen and oxygen atoms in total. The summed E-state index contributed by atoms with van der Waals surface area (Å²) in [4.78, 5) is 11.7. The topological polar surface area (TPSA) is 41.1 Å². The van der Waals surface area contributed by atoms with Crippen LogP contribution in [-0.2, 0) is 4.79 Å². The van der Waals surface area contributed by atoms with Gasteiger partial charge in [-0.05, 0) is 39.0 Å². The SMILES string of the molecule is CNC(=O)C(C)(C)CNC1CCCC(C)CC1. The maximum absolute atomic E-state index is 11.7. The lowest BCUT2D eigenvalue weighted by molar-refractivity contribution is -0.128. The predicted octanol–water partition coefficient (Wildman–Crippen LogP) is 2.32. The minimum atomic E-state index is -0.313. The minimum absolute atomic E-state index is 0.118. The van der Waals surface area contributed by atoms with Gasteiger partial charge < -0.3 is 10.6 Å². The zero-order valence-corrected chi connectivity index (χ0v) is 11.8.